The smallest absolute Gasteiger partial charge is 0.245 e. The second kappa shape index (κ2) is 5.76. The standard InChI is InChI=1S/C12H19BrN4/c1-3-10-11(4-2)15-16-12(14-10)17(8-7-13)9-5-6-9/h9H,3-8H2,1-2H3. The summed E-state index contributed by atoms with van der Waals surface area (Å²) in [7, 11) is 0. The van der Waals surface area contributed by atoms with E-state index < -0.39 is 0 Å². The minimum Gasteiger partial charge on any atom is -0.336 e. The van der Waals surface area contributed by atoms with Gasteiger partial charge in [0.05, 0.1) is 11.4 Å². The minimum absolute atomic E-state index is 0.631. The fraction of sp³-hybridized carbons (Fsp3) is 0.750. The van der Waals surface area contributed by atoms with Crippen LogP contribution in [0.4, 0.5) is 5.95 Å². The van der Waals surface area contributed by atoms with Crippen molar-refractivity contribution < 1.29 is 0 Å². The van der Waals surface area contributed by atoms with E-state index in [1.807, 2.05) is 0 Å². The van der Waals surface area contributed by atoms with Crippen LogP contribution in [0.5, 0.6) is 0 Å². The van der Waals surface area contributed by atoms with Crippen LogP contribution in [0.1, 0.15) is 38.1 Å². The van der Waals surface area contributed by atoms with Gasteiger partial charge >= 0.3 is 0 Å². The van der Waals surface area contributed by atoms with E-state index in [1.54, 1.807) is 0 Å². The largest absolute Gasteiger partial charge is 0.336 e. The zero-order chi connectivity index (χ0) is 12.3. The Bertz CT molecular complexity index is 379. The van der Waals surface area contributed by atoms with Crippen molar-refractivity contribution in [3.8, 4) is 0 Å². The maximum absolute atomic E-state index is 4.67. The first-order valence-corrected chi connectivity index (χ1v) is 7.47. The number of rotatable bonds is 6. The SMILES string of the molecule is CCc1nnc(N(CCBr)C2CC2)nc1CC. The summed E-state index contributed by atoms with van der Waals surface area (Å²) in [5.74, 6) is 0.806. The van der Waals surface area contributed by atoms with E-state index >= 15 is 0 Å². The molecule has 1 aliphatic rings. The molecule has 0 bridgehead atoms. The average molecular weight is 299 g/mol. The molecule has 1 saturated carbocycles. The third-order valence-corrected chi connectivity index (χ3v) is 3.42. The predicted octanol–water partition coefficient (Wildman–Crippen LogP) is 2.36. The van der Waals surface area contributed by atoms with Crippen LogP contribution in [0.2, 0.25) is 0 Å². The van der Waals surface area contributed by atoms with Gasteiger partial charge in [0.25, 0.3) is 0 Å². The molecular weight excluding hydrogens is 280 g/mol. The molecule has 0 atom stereocenters. The number of nitrogens with zero attached hydrogens (tertiary/aromatic N) is 4. The number of hydrogen-bond donors (Lipinski definition) is 0. The Morgan fingerprint density at radius 1 is 1.18 bits per heavy atom. The fourth-order valence-corrected chi connectivity index (χ4v) is 2.36. The molecule has 94 valence electrons. The Labute approximate surface area is 111 Å². The molecule has 1 heterocycles. The maximum atomic E-state index is 4.67. The molecule has 1 fully saturated rings. The number of aryl methyl sites for hydroxylation is 2. The molecule has 0 aliphatic heterocycles. The van der Waals surface area contributed by atoms with Crippen LogP contribution in [-0.4, -0.2) is 33.1 Å². The molecule has 0 radical (unpaired) electrons. The van der Waals surface area contributed by atoms with Gasteiger partial charge in [0, 0.05) is 17.9 Å². The molecule has 1 aromatic heterocycles. The van der Waals surface area contributed by atoms with Crippen LogP contribution in [0.15, 0.2) is 0 Å². The molecule has 5 heteroatoms. The van der Waals surface area contributed by atoms with Crippen molar-refractivity contribution in [2.75, 3.05) is 16.8 Å². The number of halogens is 1. The second-order valence-corrected chi connectivity index (χ2v) is 5.12. The van der Waals surface area contributed by atoms with Gasteiger partial charge < -0.3 is 4.90 Å². The Kier molecular flexibility index (Phi) is 4.31. The van der Waals surface area contributed by atoms with Crippen LogP contribution in [0.25, 0.3) is 0 Å². The van der Waals surface area contributed by atoms with Crippen molar-refractivity contribution in [3.05, 3.63) is 11.4 Å². The Morgan fingerprint density at radius 2 is 1.88 bits per heavy atom. The summed E-state index contributed by atoms with van der Waals surface area (Å²) in [5.41, 5.74) is 2.13. The molecule has 2 rings (SSSR count). The third-order valence-electron chi connectivity index (χ3n) is 3.07. The highest BCUT2D eigenvalue weighted by Crippen LogP contribution is 2.29. The Morgan fingerprint density at radius 3 is 2.41 bits per heavy atom. The lowest BCUT2D eigenvalue weighted by Crippen LogP contribution is -2.30. The predicted molar refractivity (Wildman–Crippen MR) is 72.7 cm³/mol. The van der Waals surface area contributed by atoms with E-state index in [0.29, 0.717) is 6.04 Å². The number of hydrogen-bond acceptors (Lipinski definition) is 4. The molecule has 17 heavy (non-hydrogen) atoms. The van der Waals surface area contributed by atoms with Gasteiger partial charge in [-0.2, -0.15) is 5.10 Å². The molecule has 0 aromatic carbocycles. The van der Waals surface area contributed by atoms with Crippen molar-refractivity contribution in [1.29, 1.82) is 0 Å². The molecule has 0 saturated heterocycles. The fourth-order valence-electron chi connectivity index (χ4n) is 1.97. The van der Waals surface area contributed by atoms with Gasteiger partial charge in [-0.1, -0.05) is 29.8 Å². The van der Waals surface area contributed by atoms with E-state index in [0.717, 1.165) is 42.1 Å². The highest BCUT2D eigenvalue weighted by molar-refractivity contribution is 9.09. The average Bonchev–Trinajstić information content (AvgIpc) is 3.19. The van der Waals surface area contributed by atoms with Crippen molar-refractivity contribution in [2.24, 2.45) is 0 Å². The van der Waals surface area contributed by atoms with Crippen LogP contribution < -0.4 is 4.90 Å². The summed E-state index contributed by atoms with van der Waals surface area (Å²) in [5, 5.41) is 9.54. The van der Waals surface area contributed by atoms with Crippen LogP contribution in [-0.2, 0) is 12.8 Å². The lowest BCUT2D eigenvalue weighted by Gasteiger charge is -2.21. The summed E-state index contributed by atoms with van der Waals surface area (Å²) in [6, 6.07) is 0.631. The zero-order valence-electron chi connectivity index (χ0n) is 10.5. The highest BCUT2D eigenvalue weighted by Gasteiger charge is 2.30. The first-order chi connectivity index (χ1) is 8.30. The van der Waals surface area contributed by atoms with Crippen LogP contribution in [0.3, 0.4) is 0 Å². The summed E-state index contributed by atoms with van der Waals surface area (Å²) >= 11 is 3.49. The molecule has 0 N–H and O–H groups in total. The van der Waals surface area contributed by atoms with Gasteiger partial charge in [-0.3, -0.25) is 0 Å². The van der Waals surface area contributed by atoms with E-state index in [-0.39, 0.29) is 0 Å². The zero-order valence-corrected chi connectivity index (χ0v) is 12.1. The minimum atomic E-state index is 0.631. The normalized spacial score (nSPS) is 15.0. The third kappa shape index (κ3) is 2.94. The molecule has 0 unspecified atom stereocenters. The summed E-state index contributed by atoms with van der Waals surface area (Å²) in [6.07, 6.45) is 4.35. The number of alkyl halides is 1. The monoisotopic (exact) mass is 298 g/mol. The first-order valence-electron chi connectivity index (χ1n) is 6.35. The van der Waals surface area contributed by atoms with Gasteiger partial charge in [0.2, 0.25) is 5.95 Å². The van der Waals surface area contributed by atoms with E-state index in [1.165, 1.54) is 12.8 Å². The highest BCUT2D eigenvalue weighted by atomic mass is 79.9. The maximum Gasteiger partial charge on any atom is 0.245 e. The molecule has 1 aromatic rings. The van der Waals surface area contributed by atoms with Crippen molar-refractivity contribution >= 4 is 21.9 Å². The Hall–Kier alpha value is -0.710. The van der Waals surface area contributed by atoms with Gasteiger partial charge in [0.15, 0.2) is 0 Å². The van der Waals surface area contributed by atoms with Crippen molar-refractivity contribution in [3.63, 3.8) is 0 Å². The van der Waals surface area contributed by atoms with Gasteiger partial charge in [-0.25, -0.2) is 4.98 Å². The quantitative estimate of drug-likeness (QED) is 0.756. The molecule has 1 aliphatic carbocycles. The lowest BCUT2D eigenvalue weighted by molar-refractivity contribution is 0.738. The molecular formula is C12H19BrN4. The Balaban J connectivity index is 2.24. The van der Waals surface area contributed by atoms with Gasteiger partial charge in [-0.05, 0) is 25.7 Å². The van der Waals surface area contributed by atoms with Crippen LogP contribution in [0, 0.1) is 0 Å². The first kappa shape index (κ1) is 12.7. The summed E-state index contributed by atoms with van der Waals surface area (Å²) in [6.45, 7) is 5.18. The van der Waals surface area contributed by atoms with E-state index in [9.17, 15) is 0 Å². The second-order valence-electron chi connectivity index (χ2n) is 4.33. The molecule has 0 spiro atoms. The van der Waals surface area contributed by atoms with E-state index in [2.05, 4.69) is 49.9 Å². The van der Waals surface area contributed by atoms with E-state index in [4.69, 9.17) is 0 Å². The topological polar surface area (TPSA) is 41.9 Å². The van der Waals surface area contributed by atoms with Gasteiger partial charge in [-0.15, -0.1) is 5.10 Å². The number of anilines is 1. The summed E-state index contributed by atoms with van der Waals surface area (Å²) in [4.78, 5) is 6.95. The van der Waals surface area contributed by atoms with Gasteiger partial charge in [0.1, 0.15) is 0 Å². The number of aromatic nitrogens is 3. The van der Waals surface area contributed by atoms with Crippen LogP contribution >= 0.6 is 15.9 Å². The summed E-state index contributed by atoms with van der Waals surface area (Å²) < 4.78 is 0. The molecule has 4 nitrogen and oxygen atoms in total. The van der Waals surface area contributed by atoms with Crippen molar-refractivity contribution in [1.82, 2.24) is 15.2 Å². The molecule has 0 amide bonds. The lowest BCUT2D eigenvalue weighted by atomic mass is 10.2. The van der Waals surface area contributed by atoms with Crippen molar-refractivity contribution in [2.45, 2.75) is 45.6 Å².